The molecule has 10 nitrogen and oxygen atoms in total. The van der Waals surface area contributed by atoms with Crippen LogP contribution in [0.1, 0.15) is 57.7 Å². The SMILES string of the molecule is CC(C)(C)OC(=O)N1CCC(n2c(=O)n(Cc3ccc(-c4nnc(C(F)F)o4)cn3)c3ccc(F)cc32)CC1. The maximum atomic E-state index is 14.3. The summed E-state index contributed by atoms with van der Waals surface area (Å²) in [5, 5.41) is 6.92. The molecule has 0 spiro atoms. The molecule has 1 fully saturated rings. The minimum absolute atomic E-state index is 0.0914. The molecular formula is C26H27F3N6O4. The second-order valence-corrected chi connectivity index (χ2v) is 10.4. The molecule has 0 N–H and O–H groups in total. The van der Waals surface area contributed by atoms with Gasteiger partial charge in [-0.15, -0.1) is 10.2 Å². The van der Waals surface area contributed by atoms with Crippen LogP contribution in [0.15, 0.2) is 45.7 Å². The first-order chi connectivity index (χ1) is 18.5. The zero-order valence-corrected chi connectivity index (χ0v) is 21.6. The lowest BCUT2D eigenvalue weighted by Crippen LogP contribution is -2.43. The lowest BCUT2D eigenvalue weighted by Gasteiger charge is -2.33. The molecule has 3 aromatic heterocycles. The summed E-state index contributed by atoms with van der Waals surface area (Å²) in [7, 11) is 0. The molecule has 0 aliphatic carbocycles. The van der Waals surface area contributed by atoms with Gasteiger partial charge in [0.2, 0.25) is 5.89 Å². The van der Waals surface area contributed by atoms with E-state index in [0.29, 0.717) is 48.2 Å². The third-order valence-electron chi connectivity index (χ3n) is 6.43. The molecule has 4 heterocycles. The second kappa shape index (κ2) is 10.2. The largest absolute Gasteiger partial charge is 0.444 e. The predicted molar refractivity (Wildman–Crippen MR) is 134 cm³/mol. The van der Waals surface area contributed by atoms with E-state index < -0.39 is 29.8 Å². The van der Waals surface area contributed by atoms with Crippen molar-refractivity contribution in [3.8, 4) is 11.5 Å². The molecule has 0 saturated carbocycles. The van der Waals surface area contributed by atoms with Crippen molar-refractivity contribution < 1.29 is 27.1 Å². The van der Waals surface area contributed by atoms with E-state index in [1.165, 1.54) is 22.9 Å². The van der Waals surface area contributed by atoms with E-state index in [1.807, 2.05) is 0 Å². The number of alkyl halides is 2. The van der Waals surface area contributed by atoms with Crippen LogP contribution in [0.3, 0.4) is 0 Å². The molecule has 0 radical (unpaired) electrons. The highest BCUT2D eigenvalue weighted by molar-refractivity contribution is 5.76. The highest BCUT2D eigenvalue weighted by atomic mass is 19.3. The molecular weight excluding hydrogens is 517 g/mol. The number of halogens is 3. The van der Waals surface area contributed by atoms with Crippen molar-refractivity contribution in [2.75, 3.05) is 13.1 Å². The summed E-state index contributed by atoms with van der Waals surface area (Å²) in [6.07, 6.45) is -0.868. The number of rotatable bonds is 5. The number of likely N-dealkylation sites (tertiary alicyclic amines) is 1. The molecule has 206 valence electrons. The van der Waals surface area contributed by atoms with Gasteiger partial charge in [0, 0.05) is 25.3 Å². The number of carbonyl (C=O) groups excluding carboxylic acids is 1. The van der Waals surface area contributed by atoms with Gasteiger partial charge in [-0.05, 0) is 63.9 Å². The Morgan fingerprint density at radius 3 is 2.49 bits per heavy atom. The van der Waals surface area contributed by atoms with Gasteiger partial charge in [-0.2, -0.15) is 8.78 Å². The first-order valence-corrected chi connectivity index (χ1v) is 12.5. The summed E-state index contributed by atoms with van der Waals surface area (Å²) >= 11 is 0. The van der Waals surface area contributed by atoms with E-state index >= 15 is 0 Å². The number of carbonyl (C=O) groups is 1. The van der Waals surface area contributed by atoms with E-state index in [4.69, 9.17) is 9.15 Å². The second-order valence-electron chi connectivity index (χ2n) is 10.4. The van der Waals surface area contributed by atoms with Gasteiger partial charge in [-0.25, -0.2) is 14.0 Å². The predicted octanol–water partition coefficient (Wildman–Crippen LogP) is 4.95. The average Bonchev–Trinajstić information content (AvgIpc) is 3.47. The molecule has 39 heavy (non-hydrogen) atoms. The van der Waals surface area contributed by atoms with Crippen LogP contribution in [0.5, 0.6) is 0 Å². The van der Waals surface area contributed by atoms with Gasteiger partial charge >= 0.3 is 18.2 Å². The van der Waals surface area contributed by atoms with Crippen molar-refractivity contribution >= 4 is 17.1 Å². The number of ether oxygens (including phenoxy) is 1. The van der Waals surface area contributed by atoms with Crippen molar-refractivity contribution in [3.05, 3.63) is 64.4 Å². The summed E-state index contributed by atoms with van der Waals surface area (Å²) in [5.41, 5.74) is 0.931. The average molecular weight is 545 g/mol. The summed E-state index contributed by atoms with van der Waals surface area (Å²) in [6, 6.07) is 7.15. The first kappa shape index (κ1) is 26.4. The van der Waals surface area contributed by atoms with Crippen LogP contribution in [-0.4, -0.2) is 54.0 Å². The maximum absolute atomic E-state index is 14.3. The van der Waals surface area contributed by atoms with Gasteiger partial charge in [-0.3, -0.25) is 14.1 Å². The molecule has 1 amide bonds. The van der Waals surface area contributed by atoms with Crippen molar-refractivity contribution in [2.45, 2.75) is 58.2 Å². The number of amides is 1. The summed E-state index contributed by atoms with van der Waals surface area (Å²) in [4.78, 5) is 32.0. The Hall–Kier alpha value is -4.16. The van der Waals surface area contributed by atoms with Crippen molar-refractivity contribution in [2.24, 2.45) is 0 Å². The number of hydrogen-bond donors (Lipinski definition) is 0. The minimum atomic E-state index is -2.88. The number of imidazole rings is 1. The molecule has 13 heteroatoms. The molecule has 0 unspecified atom stereocenters. The van der Waals surface area contributed by atoms with E-state index in [-0.39, 0.29) is 24.2 Å². The van der Waals surface area contributed by atoms with Crippen molar-refractivity contribution in [1.29, 1.82) is 0 Å². The van der Waals surface area contributed by atoms with Crippen LogP contribution >= 0.6 is 0 Å². The molecule has 5 rings (SSSR count). The standard InChI is InChI=1S/C26H27F3N6O4/c1-26(2,3)39-25(37)33-10-8-18(9-11-33)35-20-12-16(27)5-7-19(20)34(24(35)36)14-17-6-4-15(13-30-17)22-31-32-23(38-22)21(28)29/h4-7,12-13,18,21H,8-11,14H2,1-3H3. The van der Waals surface area contributed by atoms with Gasteiger partial charge in [0.15, 0.2) is 0 Å². The zero-order chi connectivity index (χ0) is 27.9. The molecule has 0 atom stereocenters. The number of aromatic nitrogens is 5. The smallest absolute Gasteiger partial charge is 0.410 e. The van der Waals surface area contributed by atoms with Crippen LogP contribution in [-0.2, 0) is 11.3 Å². The number of hydrogen-bond acceptors (Lipinski definition) is 7. The number of benzene rings is 1. The number of piperidine rings is 1. The Morgan fingerprint density at radius 2 is 1.87 bits per heavy atom. The van der Waals surface area contributed by atoms with Gasteiger partial charge in [-0.1, -0.05) is 0 Å². The highest BCUT2D eigenvalue weighted by Gasteiger charge is 2.30. The monoisotopic (exact) mass is 544 g/mol. The molecule has 0 bridgehead atoms. The fourth-order valence-corrected chi connectivity index (χ4v) is 4.64. The normalized spacial score (nSPS) is 14.9. The molecule has 4 aromatic rings. The quantitative estimate of drug-likeness (QED) is 0.350. The summed E-state index contributed by atoms with van der Waals surface area (Å²) in [5.74, 6) is -1.34. The summed E-state index contributed by atoms with van der Waals surface area (Å²) < 4.78 is 53.3. The van der Waals surface area contributed by atoms with E-state index in [0.717, 1.165) is 0 Å². The van der Waals surface area contributed by atoms with Crippen molar-refractivity contribution in [3.63, 3.8) is 0 Å². The van der Waals surface area contributed by atoms with E-state index in [9.17, 15) is 22.8 Å². The zero-order valence-electron chi connectivity index (χ0n) is 21.6. The van der Waals surface area contributed by atoms with Gasteiger partial charge < -0.3 is 14.1 Å². The molecule has 1 aliphatic rings. The third kappa shape index (κ3) is 5.52. The van der Waals surface area contributed by atoms with Crippen LogP contribution in [0.25, 0.3) is 22.5 Å². The van der Waals surface area contributed by atoms with Gasteiger partial charge in [0.25, 0.3) is 5.89 Å². The highest BCUT2D eigenvalue weighted by Crippen LogP contribution is 2.28. The molecule has 1 aromatic carbocycles. The van der Waals surface area contributed by atoms with E-state index in [2.05, 4.69) is 15.2 Å². The number of nitrogens with zero attached hydrogens (tertiary/aromatic N) is 6. The lowest BCUT2D eigenvalue weighted by molar-refractivity contribution is 0.0188. The van der Waals surface area contributed by atoms with Crippen LogP contribution in [0.2, 0.25) is 0 Å². The third-order valence-corrected chi connectivity index (χ3v) is 6.43. The Kier molecular flexibility index (Phi) is 6.91. The lowest BCUT2D eigenvalue weighted by atomic mass is 10.0. The topological polar surface area (TPSA) is 108 Å². The molecule has 1 aliphatic heterocycles. The van der Waals surface area contributed by atoms with Crippen LogP contribution < -0.4 is 5.69 Å². The minimum Gasteiger partial charge on any atom is -0.444 e. The van der Waals surface area contributed by atoms with Crippen molar-refractivity contribution in [1.82, 2.24) is 29.2 Å². The molecule has 1 saturated heterocycles. The van der Waals surface area contributed by atoms with Crippen LogP contribution in [0, 0.1) is 5.82 Å². The fraction of sp³-hybridized carbons (Fsp3) is 0.423. The number of fused-ring (bicyclic) bond motifs is 1. The maximum Gasteiger partial charge on any atom is 0.410 e. The Balaban J connectivity index is 1.39. The first-order valence-electron chi connectivity index (χ1n) is 12.5. The summed E-state index contributed by atoms with van der Waals surface area (Å²) in [6.45, 7) is 6.31. The Bertz CT molecular complexity index is 1550. The van der Waals surface area contributed by atoms with Gasteiger partial charge in [0.1, 0.15) is 11.4 Å². The fourth-order valence-electron chi connectivity index (χ4n) is 4.64. The van der Waals surface area contributed by atoms with Gasteiger partial charge in [0.05, 0.1) is 28.8 Å². The number of pyridine rings is 1. The van der Waals surface area contributed by atoms with Crippen LogP contribution in [0.4, 0.5) is 18.0 Å². The Labute approximate surface area is 221 Å². The van der Waals surface area contributed by atoms with E-state index in [1.54, 1.807) is 48.4 Å². The Morgan fingerprint density at radius 1 is 1.13 bits per heavy atom.